The van der Waals surface area contributed by atoms with Crippen LogP contribution in [-0.4, -0.2) is 42.0 Å². The number of rotatable bonds is 5. The van der Waals surface area contributed by atoms with E-state index >= 15 is 0 Å². The highest BCUT2D eigenvalue weighted by atomic mass is 32.2. The normalized spacial score (nSPS) is 11.3. The molecule has 0 aliphatic rings. The molecule has 20 heavy (non-hydrogen) atoms. The molecule has 0 atom stereocenters. The van der Waals surface area contributed by atoms with Crippen LogP contribution in [0.5, 0.6) is 5.75 Å². The number of aromatic carboxylic acids is 1. The van der Waals surface area contributed by atoms with E-state index < -0.39 is 27.3 Å². The van der Waals surface area contributed by atoms with E-state index in [2.05, 4.69) is 5.92 Å². The number of hydrogen-bond donors (Lipinski definition) is 2. The van der Waals surface area contributed by atoms with Crippen LogP contribution in [0.4, 0.5) is 0 Å². The fraction of sp³-hybridized carbons (Fsp3) is 0.308. The molecule has 1 aromatic carbocycles. The average Bonchev–Trinajstić information content (AvgIpc) is 2.34. The van der Waals surface area contributed by atoms with Crippen molar-refractivity contribution in [3.05, 3.63) is 23.3 Å². The lowest BCUT2D eigenvalue weighted by molar-refractivity contribution is 0.0693. The van der Waals surface area contributed by atoms with Gasteiger partial charge in [-0.15, -0.1) is 6.42 Å². The molecule has 0 heterocycles. The fourth-order valence-electron chi connectivity index (χ4n) is 1.73. The van der Waals surface area contributed by atoms with Crippen molar-refractivity contribution < 1.29 is 23.4 Å². The Morgan fingerprint density at radius 1 is 1.45 bits per heavy atom. The van der Waals surface area contributed by atoms with E-state index in [0.717, 1.165) is 16.4 Å². The fourth-order valence-corrected chi connectivity index (χ4v) is 3.32. The predicted octanol–water partition coefficient (Wildman–Crippen LogP) is 1.04. The zero-order chi connectivity index (χ0) is 15.5. The largest absolute Gasteiger partial charge is 0.507 e. The molecule has 0 radical (unpaired) electrons. The van der Waals surface area contributed by atoms with Crippen molar-refractivity contribution >= 4 is 16.0 Å². The van der Waals surface area contributed by atoms with E-state index in [4.69, 9.17) is 11.5 Å². The van der Waals surface area contributed by atoms with Crippen molar-refractivity contribution in [2.45, 2.75) is 18.7 Å². The molecule has 108 valence electrons. The number of carboxylic acid groups (broad SMARTS) is 1. The van der Waals surface area contributed by atoms with Gasteiger partial charge in [0.25, 0.3) is 0 Å². The monoisotopic (exact) mass is 297 g/mol. The maximum atomic E-state index is 12.4. The highest BCUT2D eigenvalue weighted by Gasteiger charge is 2.26. The number of terminal acetylenes is 1. The van der Waals surface area contributed by atoms with E-state index in [1.807, 2.05) is 0 Å². The zero-order valence-corrected chi connectivity index (χ0v) is 11.9. The van der Waals surface area contributed by atoms with Gasteiger partial charge in [0.2, 0.25) is 10.0 Å². The quantitative estimate of drug-likeness (QED) is 0.792. The Morgan fingerprint density at radius 2 is 2.05 bits per heavy atom. The first-order valence-corrected chi connectivity index (χ1v) is 7.20. The standard InChI is InChI=1S/C13H15NO5S/c1-4-6-14(5-2)20(18,19)12-8-10(13(16)17)11(15)7-9(12)3/h1,7-8,15H,5-6H2,2-3H3,(H,16,17). The van der Waals surface area contributed by atoms with Gasteiger partial charge in [-0.3, -0.25) is 0 Å². The number of nitrogens with zero attached hydrogens (tertiary/aromatic N) is 1. The van der Waals surface area contributed by atoms with Crippen molar-refractivity contribution in [1.29, 1.82) is 0 Å². The van der Waals surface area contributed by atoms with Crippen LogP contribution in [-0.2, 0) is 10.0 Å². The summed E-state index contributed by atoms with van der Waals surface area (Å²) in [5.41, 5.74) is -0.214. The van der Waals surface area contributed by atoms with E-state index in [1.54, 1.807) is 6.92 Å². The van der Waals surface area contributed by atoms with Crippen molar-refractivity contribution in [1.82, 2.24) is 4.31 Å². The van der Waals surface area contributed by atoms with E-state index in [9.17, 15) is 18.3 Å². The van der Waals surface area contributed by atoms with Gasteiger partial charge in [-0.1, -0.05) is 12.8 Å². The molecule has 0 aliphatic carbocycles. The SMILES string of the molecule is C#CCN(CC)S(=O)(=O)c1cc(C(=O)O)c(O)cc1C. The summed E-state index contributed by atoms with van der Waals surface area (Å²) >= 11 is 0. The van der Waals surface area contributed by atoms with Crippen LogP contribution >= 0.6 is 0 Å². The number of carbonyl (C=O) groups is 1. The Morgan fingerprint density at radius 3 is 2.50 bits per heavy atom. The molecule has 0 saturated heterocycles. The van der Waals surface area contributed by atoms with Gasteiger partial charge in [0.15, 0.2) is 0 Å². The van der Waals surface area contributed by atoms with Crippen LogP contribution in [0, 0.1) is 19.3 Å². The summed E-state index contributed by atoms with van der Waals surface area (Å²) in [5, 5.41) is 18.5. The molecule has 0 amide bonds. The van der Waals surface area contributed by atoms with Crippen molar-refractivity contribution in [3.8, 4) is 18.1 Å². The molecule has 0 saturated carbocycles. The van der Waals surface area contributed by atoms with Crippen LogP contribution in [0.25, 0.3) is 0 Å². The highest BCUT2D eigenvalue weighted by molar-refractivity contribution is 7.89. The summed E-state index contributed by atoms with van der Waals surface area (Å²) in [6.07, 6.45) is 5.13. The van der Waals surface area contributed by atoms with E-state index in [1.165, 1.54) is 6.92 Å². The Balaban J connectivity index is 3.50. The second-order valence-electron chi connectivity index (χ2n) is 4.08. The number of aromatic hydroxyl groups is 1. The molecule has 0 spiro atoms. The predicted molar refractivity (Wildman–Crippen MR) is 73.1 cm³/mol. The first kappa shape index (κ1) is 16.0. The Labute approximate surface area is 117 Å². The molecular weight excluding hydrogens is 282 g/mol. The summed E-state index contributed by atoms with van der Waals surface area (Å²) in [5.74, 6) is 0.362. The lowest BCUT2D eigenvalue weighted by atomic mass is 10.1. The molecule has 0 aliphatic heterocycles. The molecule has 2 N–H and O–H groups in total. The molecule has 0 fully saturated rings. The van der Waals surface area contributed by atoms with E-state index in [0.29, 0.717) is 0 Å². The number of phenols is 1. The van der Waals surface area contributed by atoms with Crippen molar-refractivity contribution in [3.63, 3.8) is 0 Å². The summed E-state index contributed by atoms with van der Waals surface area (Å²) < 4.78 is 25.9. The Bertz CT molecular complexity index is 673. The first-order chi connectivity index (χ1) is 9.25. The van der Waals surface area contributed by atoms with Gasteiger partial charge in [-0.2, -0.15) is 4.31 Å². The van der Waals surface area contributed by atoms with Gasteiger partial charge in [0.1, 0.15) is 11.3 Å². The van der Waals surface area contributed by atoms with Crippen LogP contribution in [0.1, 0.15) is 22.8 Å². The van der Waals surface area contributed by atoms with Gasteiger partial charge >= 0.3 is 5.97 Å². The molecule has 0 unspecified atom stereocenters. The number of benzene rings is 1. The Hall–Kier alpha value is -2.04. The maximum Gasteiger partial charge on any atom is 0.339 e. The third-order valence-corrected chi connectivity index (χ3v) is 4.82. The minimum Gasteiger partial charge on any atom is -0.507 e. The third kappa shape index (κ3) is 2.92. The first-order valence-electron chi connectivity index (χ1n) is 5.76. The molecule has 6 nitrogen and oxygen atoms in total. The number of carboxylic acids is 1. The number of sulfonamides is 1. The maximum absolute atomic E-state index is 12.4. The van der Waals surface area contributed by atoms with Crippen LogP contribution in [0.3, 0.4) is 0 Å². The second-order valence-corrected chi connectivity index (χ2v) is 5.98. The minimum absolute atomic E-state index is 0.110. The van der Waals surface area contributed by atoms with Gasteiger partial charge < -0.3 is 10.2 Å². The second kappa shape index (κ2) is 5.94. The van der Waals surface area contributed by atoms with E-state index in [-0.39, 0.29) is 23.5 Å². The highest BCUT2D eigenvalue weighted by Crippen LogP contribution is 2.27. The minimum atomic E-state index is -3.90. The van der Waals surface area contributed by atoms with Gasteiger partial charge in [0.05, 0.1) is 11.4 Å². The zero-order valence-electron chi connectivity index (χ0n) is 11.1. The Kier molecular flexibility index (Phi) is 4.76. The molecule has 0 bridgehead atoms. The summed E-state index contributed by atoms with van der Waals surface area (Å²) in [4.78, 5) is 10.8. The molecule has 0 aromatic heterocycles. The topological polar surface area (TPSA) is 94.9 Å². The average molecular weight is 297 g/mol. The smallest absolute Gasteiger partial charge is 0.339 e. The molecular formula is C13H15NO5S. The number of aryl methyl sites for hydroxylation is 1. The van der Waals surface area contributed by atoms with Gasteiger partial charge in [0, 0.05) is 6.54 Å². The lowest BCUT2D eigenvalue weighted by Crippen LogP contribution is -2.31. The van der Waals surface area contributed by atoms with Crippen molar-refractivity contribution in [2.24, 2.45) is 0 Å². The lowest BCUT2D eigenvalue weighted by Gasteiger charge is -2.19. The van der Waals surface area contributed by atoms with Gasteiger partial charge in [-0.05, 0) is 24.6 Å². The molecule has 7 heteroatoms. The third-order valence-electron chi connectivity index (χ3n) is 2.76. The summed E-state index contributed by atoms with van der Waals surface area (Å²) in [6, 6.07) is 2.06. The van der Waals surface area contributed by atoms with Crippen LogP contribution in [0.15, 0.2) is 17.0 Å². The van der Waals surface area contributed by atoms with Gasteiger partial charge in [-0.25, -0.2) is 13.2 Å². The van der Waals surface area contributed by atoms with Crippen molar-refractivity contribution in [2.75, 3.05) is 13.1 Å². The summed E-state index contributed by atoms with van der Waals surface area (Å²) in [6.45, 7) is 3.15. The van der Waals surface area contributed by atoms with Crippen LogP contribution < -0.4 is 0 Å². The number of hydrogen-bond acceptors (Lipinski definition) is 4. The molecule has 1 rings (SSSR count). The van der Waals surface area contributed by atoms with Crippen LogP contribution in [0.2, 0.25) is 0 Å². The summed E-state index contributed by atoms with van der Waals surface area (Å²) in [7, 11) is -3.90. The molecule has 1 aromatic rings.